The highest BCUT2D eigenvalue weighted by atomic mass is 19.1. The van der Waals surface area contributed by atoms with Gasteiger partial charge in [-0.15, -0.1) is 0 Å². The van der Waals surface area contributed by atoms with Gasteiger partial charge in [0, 0.05) is 52.6 Å². The summed E-state index contributed by atoms with van der Waals surface area (Å²) in [6.45, 7) is 8.34. The van der Waals surface area contributed by atoms with Crippen molar-refractivity contribution in [3.8, 4) is 22.8 Å². The van der Waals surface area contributed by atoms with E-state index in [0.717, 1.165) is 35.2 Å². The Kier molecular flexibility index (Phi) is 6.91. The van der Waals surface area contributed by atoms with Crippen LogP contribution < -0.4 is 21.5 Å². The summed E-state index contributed by atoms with van der Waals surface area (Å²) in [5.41, 5.74) is 17.7. The quantitative estimate of drug-likeness (QED) is 0.186. The predicted octanol–water partition coefficient (Wildman–Crippen LogP) is 5.17. The number of phenolic OH excluding ortho intramolecular Hbond substituents is 1. The van der Waals surface area contributed by atoms with E-state index < -0.39 is 11.6 Å². The molecule has 0 aliphatic heterocycles. The molecule has 210 valence electrons. The Bertz CT molecular complexity index is 1590. The largest absolute Gasteiger partial charge is 0.505 e. The monoisotopic (exact) mass is 545 g/mol. The summed E-state index contributed by atoms with van der Waals surface area (Å²) in [7, 11) is 1.58. The Morgan fingerprint density at radius 3 is 2.62 bits per heavy atom. The molecule has 1 saturated carbocycles. The molecule has 0 bridgehead atoms. The number of aryl methyl sites for hydroxylation is 1. The number of nitrogens with two attached hydrogens (primary N) is 2. The number of nitrogens with one attached hydrogen (secondary N) is 1. The summed E-state index contributed by atoms with van der Waals surface area (Å²) >= 11 is 0. The van der Waals surface area contributed by atoms with Crippen molar-refractivity contribution in [2.75, 3.05) is 12.4 Å². The van der Waals surface area contributed by atoms with Crippen LogP contribution >= 0.6 is 0 Å². The molecule has 1 aliphatic carbocycles. The maximum Gasteiger partial charge on any atom is 0.212 e. The van der Waals surface area contributed by atoms with Gasteiger partial charge in [0.05, 0.1) is 35.8 Å². The van der Waals surface area contributed by atoms with Crippen molar-refractivity contribution >= 4 is 22.7 Å². The number of benzene rings is 1. The number of nitrogens with zero attached hydrogens (tertiary/aromatic N) is 4. The average Bonchev–Trinajstić information content (AvgIpc) is 3.45. The van der Waals surface area contributed by atoms with Crippen LogP contribution in [0.4, 0.5) is 15.8 Å². The third-order valence-corrected chi connectivity index (χ3v) is 8.58. The van der Waals surface area contributed by atoms with Crippen molar-refractivity contribution in [3.05, 3.63) is 65.9 Å². The van der Waals surface area contributed by atoms with Crippen LogP contribution in [0.25, 0.3) is 16.6 Å². The summed E-state index contributed by atoms with van der Waals surface area (Å²) in [4.78, 5) is 8.94. The molecule has 0 unspecified atom stereocenters. The summed E-state index contributed by atoms with van der Waals surface area (Å²) in [5.74, 6) is -0.459. The van der Waals surface area contributed by atoms with Crippen molar-refractivity contribution in [3.63, 3.8) is 0 Å². The van der Waals surface area contributed by atoms with Gasteiger partial charge in [0.2, 0.25) is 5.88 Å². The van der Waals surface area contributed by atoms with Gasteiger partial charge in [-0.2, -0.15) is 5.10 Å². The molecular formula is C30H36FN7O2. The standard InChI is InChI=1S/C30H36FN7O2/c1-6-17-12-24(39)21(31)13-22(17)36-28(32)20-15-35-38-16-19(18-7-8-26(40-5)34-14-18)11-23(38)27(20)37-25-9-10-30(4,33)29(25,2)3/h7-8,11-16,25,37,39H,6,9-10,33H2,1-5H3,(H2,32,36)/t25-,30+/m1/s1. The summed E-state index contributed by atoms with van der Waals surface area (Å²) in [6, 6.07) is 8.41. The number of ether oxygens (including phenoxy) is 1. The lowest BCUT2D eigenvalue weighted by Gasteiger charge is -2.39. The number of halogens is 1. The molecule has 1 aromatic carbocycles. The topological polar surface area (TPSA) is 136 Å². The third-order valence-electron chi connectivity index (χ3n) is 8.58. The molecule has 2 atom stereocenters. The van der Waals surface area contributed by atoms with E-state index in [9.17, 15) is 9.50 Å². The van der Waals surface area contributed by atoms with E-state index in [1.807, 2.05) is 31.3 Å². The first-order chi connectivity index (χ1) is 18.9. The van der Waals surface area contributed by atoms with Crippen molar-refractivity contribution < 1.29 is 14.2 Å². The van der Waals surface area contributed by atoms with Crippen LogP contribution in [0.3, 0.4) is 0 Å². The van der Waals surface area contributed by atoms with E-state index >= 15 is 0 Å². The lowest BCUT2D eigenvalue weighted by molar-refractivity contribution is 0.215. The Hall–Kier alpha value is -4.18. The summed E-state index contributed by atoms with van der Waals surface area (Å²) in [5, 5.41) is 18.2. The van der Waals surface area contributed by atoms with Crippen molar-refractivity contribution in [1.82, 2.24) is 14.6 Å². The number of fused-ring (bicyclic) bond motifs is 1. The molecule has 1 fully saturated rings. The Morgan fingerprint density at radius 2 is 2.00 bits per heavy atom. The SMILES string of the molecule is CCc1cc(O)c(F)cc1N=C(N)c1cnn2cc(-c3ccc(OC)nc3)cc2c1N[C@@H]1CC[C@](C)(N)C1(C)C. The van der Waals surface area contributed by atoms with E-state index in [-0.39, 0.29) is 22.8 Å². The maximum atomic E-state index is 14.3. The van der Waals surface area contributed by atoms with Crippen LogP contribution in [0.1, 0.15) is 51.7 Å². The van der Waals surface area contributed by atoms with Gasteiger partial charge < -0.3 is 26.6 Å². The average molecular weight is 546 g/mol. The van der Waals surface area contributed by atoms with Crippen LogP contribution in [-0.4, -0.2) is 44.2 Å². The Balaban J connectivity index is 1.65. The third kappa shape index (κ3) is 4.72. The lowest BCUT2D eigenvalue weighted by Crippen LogP contribution is -2.51. The maximum absolute atomic E-state index is 14.3. The summed E-state index contributed by atoms with van der Waals surface area (Å²) < 4.78 is 21.3. The van der Waals surface area contributed by atoms with E-state index in [0.29, 0.717) is 29.1 Å². The van der Waals surface area contributed by atoms with E-state index in [1.165, 1.54) is 12.1 Å². The molecule has 1 aliphatic rings. The van der Waals surface area contributed by atoms with Gasteiger partial charge in [-0.05, 0) is 49.9 Å². The van der Waals surface area contributed by atoms with Gasteiger partial charge in [0.25, 0.3) is 0 Å². The highest BCUT2D eigenvalue weighted by Crippen LogP contribution is 2.46. The minimum atomic E-state index is -0.755. The van der Waals surface area contributed by atoms with Crippen molar-refractivity contribution in [2.45, 2.75) is 58.5 Å². The second-order valence-corrected chi connectivity index (χ2v) is 11.2. The number of rotatable bonds is 7. The number of hydrogen-bond donors (Lipinski definition) is 4. The fourth-order valence-corrected chi connectivity index (χ4v) is 5.36. The zero-order chi connectivity index (χ0) is 28.8. The van der Waals surface area contributed by atoms with Gasteiger partial charge in [-0.1, -0.05) is 20.8 Å². The lowest BCUT2D eigenvalue weighted by atomic mass is 9.75. The zero-order valence-corrected chi connectivity index (χ0v) is 23.5. The zero-order valence-electron chi connectivity index (χ0n) is 23.5. The number of aliphatic imine (C=N–C) groups is 1. The number of anilines is 1. The van der Waals surface area contributed by atoms with E-state index in [1.54, 1.807) is 24.0 Å². The molecule has 5 rings (SSSR count). The van der Waals surface area contributed by atoms with E-state index in [2.05, 4.69) is 41.2 Å². The molecule has 0 saturated heterocycles. The Labute approximate surface area is 233 Å². The minimum Gasteiger partial charge on any atom is -0.505 e. The van der Waals surface area contributed by atoms with Crippen LogP contribution in [0.5, 0.6) is 11.6 Å². The Morgan fingerprint density at radius 1 is 1.23 bits per heavy atom. The molecule has 0 spiro atoms. The first-order valence-corrected chi connectivity index (χ1v) is 13.4. The van der Waals surface area contributed by atoms with E-state index in [4.69, 9.17) is 16.2 Å². The highest BCUT2D eigenvalue weighted by Gasteiger charge is 2.49. The van der Waals surface area contributed by atoms with Crippen LogP contribution in [0.15, 0.2) is 53.9 Å². The number of amidine groups is 1. The molecular weight excluding hydrogens is 509 g/mol. The second-order valence-electron chi connectivity index (χ2n) is 11.2. The molecule has 10 heteroatoms. The molecule has 6 N–H and O–H groups in total. The molecule has 0 radical (unpaired) electrons. The molecule has 3 heterocycles. The minimum absolute atomic E-state index is 0.0542. The molecule has 0 amide bonds. The van der Waals surface area contributed by atoms with Gasteiger partial charge in [-0.3, -0.25) is 0 Å². The van der Waals surface area contributed by atoms with Gasteiger partial charge >= 0.3 is 0 Å². The fraction of sp³-hybridized carbons (Fsp3) is 0.367. The fourth-order valence-electron chi connectivity index (χ4n) is 5.36. The number of aromatic hydroxyl groups is 1. The number of aromatic nitrogens is 3. The number of methoxy groups -OCH3 is 1. The van der Waals surface area contributed by atoms with Gasteiger partial charge in [-0.25, -0.2) is 18.9 Å². The summed E-state index contributed by atoms with van der Waals surface area (Å²) in [6.07, 6.45) is 7.64. The number of phenols is 1. The van der Waals surface area contributed by atoms with Gasteiger partial charge in [0.15, 0.2) is 11.6 Å². The number of hydrogen-bond acceptors (Lipinski definition) is 7. The highest BCUT2D eigenvalue weighted by molar-refractivity contribution is 6.06. The van der Waals surface area contributed by atoms with Crippen molar-refractivity contribution in [2.24, 2.45) is 21.9 Å². The van der Waals surface area contributed by atoms with Crippen LogP contribution in [0.2, 0.25) is 0 Å². The molecule has 3 aromatic heterocycles. The first kappa shape index (κ1) is 27.4. The van der Waals surface area contributed by atoms with Crippen molar-refractivity contribution in [1.29, 1.82) is 0 Å². The number of pyridine rings is 1. The van der Waals surface area contributed by atoms with Crippen LogP contribution in [0, 0.1) is 11.2 Å². The molecule has 9 nitrogen and oxygen atoms in total. The molecule has 4 aromatic rings. The van der Waals surface area contributed by atoms with Gasteiger partial charge in [0.1, 0.15) is 5.84 Å². The molecule has 40 heavy (non-hydrogen) atoms. The first-order valence-electron chi connectivity index (χ1n) is 13.4. The second kappa shape index (κ2) is 10.1. The predicted molar refractivity (Wildman–Crippen MR) is 156 cm³/mol. The van der Waals surface area contributed by atoms with Crippen LogP contribution in [-0.2, 0) is 6.42 Å². The smallest absolute Gasteiger partial charge is 0.212 e. The normalized spacial score (nSPS) is 20.7.